The zero-order valence-corrected chi connectivity index (χ0v) is 40.3. The van der Waals surface area contributed by atoms with Crippen molar-refractivity contribution in [2.75, 3.05) is 59.5 Å². The zero-order valence-electron chi connectivity index (χ0n) is 40.3. The Labute approximate surface area is 422 Å². The summed E-state index contributed by atoms with van der Waals surface area (Å²) in [6, 6.07) is 0. The molecule has 0 saturated carbocycles. The van der Waals surface area contributed by atoms with Gasteiger partial charge in [-0.25, -0.2) is 0 Å². The van der Waals surface area contributed by atoms with Crippen molar-refractivity contribution in [3.8, 4) is 0 Å². The predicted molar refractivity (Wildman–Crippen MR) is 230 cm³/mol. The van der Waals surface area contributed by atoms with Crippen LogP contribution in [0.2, 0.25) is 0 Å². The first-order valence-electron chi connectivity index (χ1n) is 24.5. The summed E-state index contributed by atoms with van der Waals surface area (Å²) in [5, 5.41) is 188. The molecule has 0 aromatic rings. The van der Waals surface area contributed by atoms with Gasteiger partial charge in [-0.2, -0.15) is 0 Å². The first kappa shape index (κ1) is 60.4. The SMILES string of the molecule is CC(C)CCOCCOC1C2OC(CO)C(OC3OC(CO)C(OC4OC(CO)C(OC5OC(CO)C(OC6OC(CO)C(OC7OC(CO)C(O2)C(O)C7O)C(O)C6O)C(O)C5O)C(O)C4O)C(O)C3O)C1O. The number of ether oxygens (including phenoxy) is 14. The Hall–Kier alpha value is -1.24. The highest BCUT2D eigenvalue weighted by Crippen LogP contribution is 2.38. The lowest BCUT2D eigenvalue weighted by atomic mass is 9.94. The molecule has 0 aromatic carbocycles. The smallest absolute Gasteiger partial charge is 0.187 e. The molecule has 0 aliphatic carbocycles. The Morgan fingerprint density at radius 2 is 0.541 bits per heavy atom. The summed E-state index contributed by atoms with van der Waals surface area (Å²) in [6.45, 7) is -1.89. The number of aliphatic hydroxyl groups is 17. The second-order valence-corrected chi connectivity index (χ2v) is 19.5. The summed E-state index contributed by atoms with van der Waals surface area (Å²) < 4.78 is 81.4. The third kappa shape index (κ3) is 12.8. The fourth-order valence-electron chi connectivity index (χ4n) is 9.76. The van der Waals surface area contributed by atoms with Crippen LogP contribution in [0.4, 0.5) is 0 Å². The molecule has 22 rings (SSSR count). The van der Waals surface area contributed by atoms with E-state index in [0.29, 0.717) is 18.9 Å². The highest BCUT2D eigenvalue weighted by Gasteiger charge is 2.59. The summed E-state index contributed by atoms with van der Waals surface area (Å²) in [4.78, 5) is 0. The molecule has 17 N–H and O–H groups in total. The maximum atomic E-state index is 12.0. The van der Waals surface area contributed by atoms with Crippen molar-refractivity contribution in [3.05, 3.63) is 0 Å². The van der Waals surface area contributed by atoms with E-state index in [4.69, 9.17) is 66.3 Å². The van der Waals surface area contributed by atoms with Crippen molar-refractivity contribution < 1.29 is 153 Å². The lowest BCUT2D eigenvalue weighted by Crippen LogP contribution is -2.69. The van der Waals surface area contributed by atoms with E-state index in [0.717, 1.165) is 0 Å². The van der Waals surface area contributed by atoms with Crippen LogP contribution in [0.25, 0.3) is 0 Å². The van der Waals surface area contributed by atoms with Crippen LogP contribution in [0, 0.1) is 5.92 Å². The average Bonchev–Trinajstić information content (AvgIpc) is 3.38. The van der Waals surface area contributed by atoms with Crippen LogP contribution in [-0.2, 0) is 66.3 Å². The van der Waals surface area contributed by atoms with Crippen molar-refractivity contribution in [1.82, 2.24) is 0 Å². The van der Waals surface area contributed by atoms with Crippen molar-refractivity contribution in [1.29, 1.82) is 0 Å². The van der Waals surface area contributed by atoms with Crippen LogP contribution in [0.15, 0.2) is 0 Å². The molecule has 432 valence electrons. The van der Waals surface area contributed by atoms with Crippen molar-refractivity contribution in [3.63, 3.8) is 0 Å². The third-order valence-electron chi connectivity index (χ3n) is 14.0. The van der Waals surface area contributed by atoms with Crippen molar-refractivity contribution in [2.45, 2.75) is 205 Å². The van der Waals surface area contributed by atoms with Crippen molar-refractivity contribution in [2.24, 2.45) is 5.92 Å². The van der Waals surface area contributed by atoms with Gasteiger partial charge in [0.05, 0.1) is 52.9 Å². The van der Waals surface area contributed by atoms with E-state index in [1.807, 2.05) is 13.8 Å². The standard InChI is InChI=1S/C43H74O31/c1-13(2)3-4-61-5-6-62-37-30(60)36-19(12-49)68-43(37)74-35-18(11-48)67-41(29(59)24(35)54)72-33-16(9-46)65-39(27(57)22(33)52)70-31-14(7-44)63-38(25(55)20(31)50)69-32-15(8-45)64-40(26(56)21(32)51)71-34-17(10-47)66-42(73-36)28(58)23(34)53/h13-60H,3-12H2,1-2H3. The highest BCUT2D eigenvalue weighted by atomic mass is 16.8. The minimum atomic E-state index is -2.15. The highest BCUT2D eigenvalue weighted by molar-refractivity contribution is 5.01. The topological polar surface area (TPSA) is 473 Å². The van der Waals surface area contributed by atoms with Crippen LogP contribution < -0.4 is 0 Å². The summed E-state index contributed by atoms with van der Waals surface area (Å²) in [5.41, 5.74) is 0. The first-order chi connectivity index (χ1) is 35.3. The summed E-state index contributed by atoms with van der Waals surface area (Å²) in [6.07, 6.45) is -56.6. The summed E-state index contributed by atoms with van der Waals surface area (Å²) in [7, 11) is 0. The Morgan fingerprint density at radius 1 is 0.297 bits per heavy atom. The number of aliphatic hydroxyl groups excluding tert-OH is 17. The van der Waals surface area contributed by atoms with Gasteiger partial charge in [0.15, 0.2) is 37.7 Å². The molecule has 22 aliphatic rings. The van der Waals surface area contributed by atoms with Gasteiger partial charge in [0, 0.05) is 6.61 Å². The predicted octanol–water partition coefficient (Wildman–Crippen LogP) is -11.0. The van der Waals surface area contributed by atoms with Crippen LogP contribution in [0.5, 0.6) is 0 Å². The maximum Gasteiger partial charge on any atom is 0.187 e. The molecule has 0 radical (unpaired) electrons. The number of rotatable bonds is 13. The number of hydrogen-bond donors (Lipinski definition) is 17. The molecular weight excluding hydrogens is 1010 g/mol. The molecule has 22 saturated heterocycles. The summed E-state index contributed by atoms with van der Waals surface area (Å²) in [5.74, 6) is 0.299. The molecule has 0 spiro atoms. The molecule has 22 heterocycles. The fourth-order valence-corrected chi connectivity index (χ4v) is 9.76. The Kier molecular flexibility index (Phi) is 21.9. The number of hydrogen-bond acceptors (Lipinski definition) is 31. The van der Waals surface area contributed by atoms with Gasteiger partial charge in [0.2, 0.25) is 0 Å². The molecule has 31 nitrogen and oxygen atoms in total. The lowest BCUT2D eigenvalue weighted by Gasteiger charge is -2.51. The Bertz CT molecular complexity index is 1670. The van der Waals surface area contributed by atoms with E-state index in [1.54, 1.807) is 0 Å². The normalized spacial score (nSPS) is 50.8. The zero-order chi connectivity index (χ0) is 53.9. The molecule has 22 fully saturated rings. The van der Waals surface area contributed by atoms with E-state index < -0.39 is 224 Å². The molecular formula is C43H74O31. The molecule has 30 unspecified atom stereocenters. The van der Waals surface area contributed by atoms with Crippen LogP contribution in [0.3, 0.4) is 0 Å². The second kappa shape index (κ2) is 26.8. The van der Waals surface area contributed by atoms with E-state index >= 15 is 0 Å². The van der Waals surface area contributed by atoms with Gasteiger partial charge in [0.25, 0.3) is 0 Å². The molecule has 30 atom stereocenters. The van der Waals surface area contributed by atoms with Crippen LogP contribution in [0.1, 0.15) is 20.3 Å². The van der Waals surface area contributed by atoms with Gasteiger partial charge in [-0.05, 0) is 12.3 Å². The molecule has 0 amide bonds. The molecule has 31 heteroatoms. The fraction of sp³-hybridized carbons (Fsp3) is 1.00. The van der Waals surface area contributed by atoms with Crippen LogP contribution >= 0.6 is 0 Å². The molecule has 74 heavy (non-hydrogen) atoms. The monoisotopic (exact) mass is 1090 g/mol. The Balaban J connectivity index is 1.20. The van der Waals surface area contributed by atoms with Crippen LogP contribution in [-0.4, -0.2) is 331 Å². The minimum absolute atomic E-state index is 0.0416. The van der Waals surface area contributed by atoms with Crippen molar-refractivity contribution >= 4 is 0 Å². The van der Waals surface area contributed by atoms with E-state index in [-0.39, 0.29) is 13.2 Å². The maximum absolute atomic E-state index is 12.0. The van der Waals surface area contributed by atoms with Gasteiger partial charge in [0.1, 0.15) is 146 Å². The minimum Gasteiger partial charge on any atom is -0.394 e. The Morgan fingerprint density at radius 3 is 0.797 bits per heavy atom. The van der Waals surface area contributed by atoms with E-state index in [1.165, 1.54) is 0 Å². The van der Waals surface area contributed by atoms with E-state index in [2.05, 4.69) is 0 Å². The largest absolute Gasteiger partial charge is 0.394 e. The molecule has 0 aromatic heterocycles. The van der Waals surface area contributed by atoms with Gasteiger partial charge >= 0.3 is 0 Å². The van der Waals surface area contributed by atoms with Gasteiger partial charge in [-0.15, -0.1) is 0 Å². The molecule has 22 aliphatic heterocycles. The van der Waals surface area contributed by atoms with E-state index in [9.17, 15) is 86.8 Å². The van der Waals surface area contributed by atoms with Gasteiger partial charge < -0.3 is 153 Å². The molecule has 12 bridgehead atoms. The second-order valence-electron chi connectivity index (χ2n) is 19.5. The lowest BCUT2D eigenvalue weighted by molar-refractivity contribution is -0.405. The van der Waals surface area contributed by atoms with Gasteiger partial charge in [-0.3, -0.25) is 0 Å². The average molecular weight is 1090 g/mol. The summed E-state index contributed by atoms with van der Waals surface area (Å²) >= 11 is 0. The quantitative estimate of drug-likeness (QED) is 0.0762. The van der Waals surface area contributed by atoms with Gasteiger partial charge in [-0.1, -0.05) is 13.8 Å². The third-order valence-corrected chi connectivity index (χ3v) is 14.0. The first-order valence-corrected chi connectivity index (χ1v) is 24.5.